The molecule has 0 unspecified atom stereocenters. The van der Waals surface area contributed by atoms with Crippen molar-refractivity contribution in [2.45, 2.75) is 20.4 Å². The van der Waals surface area contributed by atoms with Gasteiger partial charge in [-0.25, -0.2) is 14.3 Å². The molecule has 0 atom stereocenters. The van der Waals surface area contributed by atoms with E-state index in [1.807, 2.05) is 19.9 Å². The molecule has 1 aromatic carbocycles. The van der Waals surface area contributed by atoms with Gasteiger partial charge in [0, 0.05) is 17.9 Å². The molecule has 10 nitrogen and oxygen atoms in total. The highest BCUT2D eigenvalue weighted by Crippen LogP contribution is 2.27. The first-order valence-corrected chi connectivity index (χ1v) is 8.77. The molecule has 2 aromatic heterocycles. The highest BCUT2D eigenvalue weighted by molar-refractivity contribution is 5.88. The normalized spacial score (nSPS) is 10.6. The van der Waals surface area contributed by atoms with Crippen molar-refractivity contribution >= 4 is 17.7 Å². The van der Waals surface area contributed by atoms with Crippen LogP contribution >= 0.6 is 0 Å². The summed E-state index contributed by atoms with van der Waals surface area (Å²) in [6.07, 6.45) is 0. The van der Waals surface area contributed by atoms with Crippen LogP contribution in [-0.4, -0.2) is 52.3 Å². The number of esters is 1. The van der Waals surface area contributed by atoms with Gasteiger partial charge < -0.3 is 19.5 Å². The fourth-order valence-electron chi connectivity index (χ4n) is 2.69. The molecule has 0 bridgehead atoms. The van der Waals surface area contributed by atoms with Gasteiger partial charge in [-0.3, -0.25) is 4.79 Å². The topological polar surface area (TPSA) is 117 Å². The number of hydrogen-bond donors (Lipinski definition) is 1. The van der Waals surface area contributed by atoms with Crippen molar-refractivity contribution in [1.82, 2.24) is 24.9 Å². The van der Waals surface area contributed by atoms with Gasteiger partial charge in [-0.15, -0.1) is 5.10 Å². The molecule has 10 heteroatoms. The van der Waals surface area contributed by atoms with Crippen molar-refractivity contribution < 1.29 is 23.8 Å². The van der Waals surface area contributed by atoms with Crippen molar-refractivity contribution in [2.24, 2.45) is 0 Å². The summed E-state index contributed by atoms with van der Waals surface area (Å²) < 4.78 is 16.8. The Balaban J connectivity index is 1.55. The SMILES string of the molecule is COc1ccc(CNC(=O)COC(=O)c2nc3nc(C)cc(C)n3n2)cc1OC. The van der Waals surface area contributed by atoms with E-state index in [2.05, 4.69) is 20.4 Å². The Morgan fingerprint density at radius 2 is 1.83 bits per heavy atom. The minimum atomic E-state index is -0.797. The molecule has 3 aromatic rings. The van der Waals surface area contributed by atoms with Crippen LogP contribution < -0.4 is 14.8 Å². The molecule has 3 rings (SSSR count). The maximum Gasteiger partial charge on any atom is 0.378 e. The zero-order chi connectivity index (χ0) is 21.0. The van der Waals surface area contributed by atoms with Crippen LogP contribution in [0.25, 0.3) is 5.78 Å². The molecule has 2 heterocycles. The van der Waals surface area contributed by atoms with Gasteiger partial charge in [-0.05, 0) is 37.6 Å². The van der Waals surface area contributed by atoms with Crippen LogP contribution in [0.3, 0.4) is 0 Å². The van der Waals surface area contributed by atoms with Gasteiger partial charge in [-0.2, -0.15) is 4.98 Å². The number of carbonyl (C=O) groups is 2. The average molecular weight is 399 g/mol. The second kappa shape index (κ2) is 8.55. The van der Waals surface area contributed by atoms with Crippen LogP contribution in [0.5, 0.6) is 11.5 Å². The van der Waals surface area contributed by atoms with Crippen LogP contribution in [0.15, 0.2) is 24.3 Å². The van der Waals surface area contributed by atoms with E-state index in [-0.39, 0.29) is 12.4 Å². The third-order valence-corrected chi connectivity index (χ3v) is 4.07. The summed E-state index contributed by atoms with van der Waals surface area (Å²) >= 11 is 0. The van der Waals surface area contributed by atoms with Crippen LogP contribution in [0, 0.1) is 13.8 Å². The molecule has 152 valence electrons. The molecule has 0 aliphatic heterocycles. The number of methoxy groups -OCH3 is 2. The summed E-state index contributed by atoms with van der Waals surface area (Å²) in [7, 11) is 3.08. The van der Waals surface area contributed by atoms with Crippen molar-refractivity contribution in [2.75, 3.05) is 20.8 Å². The minimum Gasteiger partial charge on any atom is -0.493 e. The highest BCUT2D eigenvalue weighted by Gasteiger charge is 2.17. The molecular formula is C19H21N5O5. The molecule has 0 aliphatic carbocycles. The summed E-state index contributed by atoms with van der Waals surface area (Å²) in [5.74, 6) is 0.0428. The van der Waals surface area contributed by atoms with E-state index in [0.29, 0.717) is 17.3 Å². The zero-order valence-electron chi connectivity index (χ0n) is 16.6. The minimum absolute atomic E-state index is 0.154. The lowest BCUT2D eigenvalue weighted by Crippen LogP contribution is -2.28. The number of carbonyl (C=O) groups excluding carboxylic acids is 2. The van der Waals surface area contributed by atoms with Crippen molar-refractivity contribution in [3.05, 3.63) is 47.0 Å². The van der Waals surface area contributed by atoms with Crippen LogP contribution in [0.1, 0.15) is 27.6 Å². The zero-order valence-corrected chi connectivity index (χ0v) is 16.6. The van der Waals surface area contributed by atoms with Crippen LogP contribution in [0.2, 0.25) is 0 Å². The number of benzene rings is 1. The molecule has 0 saturated carbocycles. The van der Waals surface area contributed by atoms with E-state index in [4.69, 9.17) is 14.2 Å². The third-order valence-electron chi connectivity index (χ3n) is 4.07. The number of hydrogen-bond acceptors (Lipinski definition) is 8. The molecule has 29 heavy (non-hydrogen) atoms. The fraction of sp³-hybridized carbons (Fsp3) is 0.316. The van der Waals surface area contributed by atoms with Gasteiger partial charge in [-0.1, -0.05) is 6.07 Å². The first kappa shape index (κ1) is 20.1. The maximum atomic E-state index is 12.1. The third kappa shape index (κ3) is 4.60. The Hall–Kier alpha value is -3.69. The lowest BCUT2D eigenvalue weighted by atomic mass is 10.2. The van der Waals surface area contributed by atoms with Gasteiger partial charge in [0.05, 0.1) is 14.2 Å². The number of aryl methyl sites for hydroxylation is 2. The lowest BCUT2D eigenvalue weighted by molar-refractivity contribution is -0.124. The first-order valence-electron chi connectivity index (χ1n) is 8.77. The van der Waals surface area contributed by atoms with Gasteiger partial charge in [0.1, 0.15) is 0 Å². The number of amides is 1. The number of fused-ring (bicyclic) bond motifs is 1. The Morgan fingerprint density at radius 1 is 1.07 bits per heavy atom. The second-order valence-corrected chi connectivity index (χ2v) is 6.23. The van der Waals surface area contributed by atoms with Gasteiger partial charge >= 0.3 is 5.97 Å². The highest BCUT2D eigenvalue weighted by atomic mass is 16.5. The predicted octanol–water partition coefficient (Wildman–Crippen LogP) is 1.23. The smallest absolute Gasteiger partial charge is 0.378 e. The van der Waals surface area contributed by atoms with E-state index in [9.17, 15) is 9.59 Å². The van der Waals surface area contributed by atoms with E-state index < -0.39 is 18.5 Å². The number of nitrogens with one attached hydrogen (secondary N) is 1. The molecule has 1 amide bonds. The molecule has 0 radical (unpaired) electrons. The second-order valence-electron chi connectivity index (χ2n) is 6.23. The number of rotatable bonds is 7. The van der Waals surface area contributed by atoms with Gasteiger partial charge in [0.25, 0.3) is 17.5 Å². The predicted molar refractivity (Wildman–Crippen MR) is 102 cm³/mol. The summed E-state index contributed by atoms with van der Waals surface area (Å²) in [5.41, 5.74) is 2.35. The molecule has 0 spiro atoms. The number of aromatic nitrogens is 4. The molecule has 1 N–H and O–H groups in total. The monoisotopic (exact) mass is 399 g/mol. The average Bonchev–Trinajstić information content (AvgIpc) is 3.14. The van der Waals surface area contributed by atoms with Crippen LogP contribution in [-0.2, 0) is 16.1 Å². The Labute approximate surface area is 166 Å². The van der Waals surface area contributed by atoms with E-state index >= 15 is 0 Å². The molecule has 0 aliphatic rings. The van der Waals surface area contributed by atoms with E-state index in [0.717, 1.165) is 17.0 Å². The summed E-state index contributed by atoms with van der Waals surface area (Å²) in [5, 5.41) is 6.74. The van der Waals surface area contributed by atoms with Gasteiger partial charge in [0.2, 0.25) is 0 Å². The maximum absolute atomic E-state index is 12.1. The quantitative estimate of drug-likeness (QED) is 0.590. The summed E-state index contributed by atoms with van der Waals surface area (Å²) in [6, 6.07) is 7.11. The summed E-state index contributed by atoms with van der Waals surface area (Å²) in [4.78, 5) is 32.4. The molecule has 0 fully saturated rings. The molecular weight excluding hydrogens is 378 g/mol. The van der Waals surface area contributed by atoms with Crippen molar-refractivity contribution in [1.29, 1.82) is 0 Å². The Bertz CT molecular complexity index is 1060. The first-order chi connectivity index (χ1) is 13.9. The lowest BCUT2D eigenvalue weighted by Gasteiger charge is -2.10. The molecule has 0 saturated heterocycles. The van der Waals surface area contributed by atoms with Gasteiger partial charge in [0.15, 0.2) is 18.1 Å². The van der Waals surface area contributed by atoms with E-state index in [1.54, 1.807) is 25.3 Å². The standard InChI is InChI=1S/C19H21N5O5/c1-11-7-12(2)24-19(21-11)22-17(23-24)18(26)29-10-16(25)20-9-13-5-6-14(27-3)15(8-13)28-4/h5-8H,9-10H2,1-4H3,(H,20,25). The van der Waals surface area contributed by atoms with Crippen LogP contribution in [0.4, 0.5) is 0 Å². The Kier molecular flexibility index (Phi) is 5.91. The largest absolute Gasteiger partial charge is 0.493 e. The van der Waals surface area contributed by atoms with Crippen molar-refractivity contribution in [3.8, 4) is 11.5 Å². The van der Waals surface area contributed by atoms with Crippen molar-refractivity contribution in [3.63, 3.8) is 0 Å². The number of nitrogens with zero attached hydrogens (tertiary/aromatic N) is 4. The Morgan fingerprint density at radius 3 is 2.55 bits per heavy atom. The number of ether oxygens (including phenoxy) is 3. The van der Waals surface area contributed by atoms with E-state index in [1.165, 1.54) is 11.6 Å². The fourth-order valence-corrected chi connectivity index (χ4v) is 2.69. The summed E-state index contributed by atoms with van der Waals surface area (Å²) in [6.45, 7) is 3.44.